The number of carbonyl (C=O) groups excluding carboxylic acids is 1. The molecule has 0 aromatic carbocycles. The van der Waals surface area contributed by atoms with Gasteiger partial charge in [-0.3, -0.25) is 9.69 Å². The molecule has 5 nitrogen and oxygen atoms in total. The molecule has 1 saturated carbocycles. The Labute approximate surface area is 115 Å². The van der Waals surface area contributed by atoms with E-state index >= 15 is 0 Å². The Kier molecular flexibility index (Phi) is 4.48. The molecular formula is C14H27N3O2. The topological polar surface area (TPSA) is 81.6 Å². The number of ether oxygens (including phenoxy) is 1. The number of nitrogens with zero attached hydrogens (tertiary/aromatic N) is 1. The zero-order valence-corrected chi connectivity index (χ0v) is 12.1. The highest BCUT2D eigenvalue weighted by Crippen LogP contribution is 2.36. The van der Waals surface area contributed by atoms with E-state index in [0.717, 1.165) is 45.3 Å². The average molecular weight is 269 g/mol. The predicted octanol–water partition coefficient (Wildman–Crippen LogP) is 0.469. The molecule has 1 aliphatic carbocycles. The highest BCUT2D eigenvalue weighted by atomic mass is 16.5. The lowest BCUT2D eigenvalue weighted by Crippen LogP contribution is -2.55. The first-order valence-corrected chi connectivity index (χ1v) is 7.38. The molecule has 1 aliphatic heterocycles. The molecule has 4 atom stereocenters. The van der Waals surface area contributed by atoms with Gasteiger partial charge in [0.2, 0.25) is 5.91 Å². The second-order valence-electron chi connectivity index (χ2n) is 6.30. The van der Waals surface area contributed by atoms with Crippen LogP contribution in [0.15, 0.2) is 0 Å². The lowest BCUT2D eigenvalue weighted by Gasteiger charge is -2.37. The van der Waals surface area contributed by atoms with Gasteiger partial charge >= 0.3 is 0 Å². The van der Waals surface area contributed by atoms with Gasteiger partial charge in [0.05, 0.1) is 17.7 Å². The van der Waals surface area contributed by atoms with Crippen LogP contribution in [0.3, 0.4) is 0 Å². The maximum absolute atomic E-state index is 11.6. The number of morpholine rings is 1. The maximum atomic E-state index is 11.6. The summed E-state index contributed by atoms with van der Waals surface area (Å²) in [6, 6.07) is 0. The van der Waals surface area contributed by atoms with Crippen LogP contribution in [0.1, 0.15) is 39.5 Å². The van der Waals surface area contributed by atoms with Gasteiger partial charge in [0.25, 0.3) is 0 Å². The number of hydrogen-bond acceptors (Lipinski definition) is 4. The van der Waals surface area contributed by atoms with Gasteiger partial charge in [0.1, 0.15) is 0 Å². The van der Waals surface area contributed by atoms with Gasteiger partial charge in [-0.15, -0.1) is 0 Å². The van der Waals surface area contributed by atoms with Crippen molar-refractivity contribution >= 4 is 5.91 Å². The molecule has 5 heteroatoms. The van der Waals surface area contributed by atoms with E-state index in [0.29, 0.717) is 0 Å². The summed E-state index contributed by atoms with van der Waals surface area (Å²) < 4.78 is 5.73. The number of nitrogens with two attached hydrogens (primary N) is 2. The summed E-state index contributed by atoms with van der Waals surface area (Å²) in [5, 5.41) is 0. The Bertz CT molecular complexity index is 327. The molecule has 0 radical (unpaired) electrons. The van der Waals surface area contributed by atoms with Crippen molar-refractivity contribution in [2.24, 2.45) is 17.4 Å². The van der Waals surface area contributed by atoms with Gasteiger partial charge in [-0.05, 0) is 45.6 Å². The fourth-order valence-corrected chi connectivity index (χ4v) is 3.63. The van der Waals surface area contributed by atoms with Gasteiger partial charge in [-0.25, -0.2) is 0 Å². The fourth-order valence-electron chi connectivity index (χ4n) is 3.63. The van der Waals surface area contributed by atoms with E-state index in [1.165, 1.54) is 0 Å². The van der Waals surface area contributed by atoms with Gasteiger partial charge in [-0.1, -0.05) is 6.42 Å². The highest BCUT2D eigenvalue weighted by Gasteiger charge is 2.44. The second-order valence-corrected chi connectivity index (χ2v) is 6.30. The minimum Gasteiger partial charge on any atom is -0.373 e. The van der Waals surface area contributed by atoms with Crippen molar-refractivity contribution in [1.29, 1.82) is 0 Å². The minimum absolute atomic E-state index is 0.235. The lowest BCUT2D eigenvalue weighted by molar-refractivity contribution is -0.124. The van der Waals surface area contributed by atoms with Crippen LogP contribution >= 0.6 is 0 Å². The maximum Gasteiger partial charge on any atom is 0.237 e. The third kappa shape index (κ3) is 3.27. The fraction of sp³-hybridized carbons (Fsp3) is 0.929. The summed E-state index contributed by atoms with van der Waals surface area (Å²) in [6.07, 6.45) is 4.30. The molecule has 1 saturated heterocycles. The van der Waals surface area contributed by atoms with E-state index in [9.17, 15) is 4.79 Å². The first-order chi connectivity index (χ1) is 8.91. The van der Waals surface area contributed by atoms with Crippen LogP contribution in [0.4, 0.5) is 0 Å². The van der Waals surface area contributed by atoms with E-state index in [4.69, 9.17) is 16.2 Å². The van der Waals surface area contributed by atoms with E-state index in [1.807, 2.05) is 0 Å². The third-order valence-corrected chi connectivity index (χ3v) is 4.62. The van der Waals surface area contributed by atoms with Crippen LogP contribution < -0.4 is 11.5 Å². The highest BCUT2D eigenvalue weighted by molar-refractivity contribution is 5.85. The molecule has 19 heavy (non-hydrogen) atoms. The van der Waals surface area contributed by atoms with E-state index in [-0.39, 0.29) is 24.0 Å². The number of hydrogen-bond donors (Lipinski definition) is 2. The van der Waals surface area contributed by atoms with Crippen molar-refractivity contribution in [3.05, 3.63) is 0 Å². The molecule has 1 heterocycles. The van der Waals surface area contributed by atoms with Gasteiger partial charge in [0, 0.05) is 13.1 Å². The predicted molar refractivity (Wildman–Crippen MR) is 74.5 cm³/mol. The van der Waals surface area contributed by atoms with E-state index < -0.39 is 5.54 Å². The van der Waals surface area contributed by atoms with E-state index in [1.54, 1.807) is 0 Å². The minimum atomic E-state index is -0.774. The molecule has 1 amide bonds. The van der Waals surface area contributed by atoms with Crippen molar-refractivity contribution < 1.29 is 9.53 Å². The van der Waals surface area contributed by atoms with Crippen molar-refractivity contribution in [3.63, 3.8) is 0 Å². The standard InChI is InChI=1S/C14H27N3O2/c1-10-8-17(9-11(2)19-10)7-5-12-4-3-6-14(12,16)13(15)18/h10-12H,3-9,16H2,1-2H3,(H2,15,18)/t10-,11+,12?,14?. The number of carbonyl (C=O) groups is 1. The van der Waals surface area contributed by atoms with Gasteiger partial charge in [-0.2, -0.15) is 0 Å². The summed E-state index contributed by atoms with van der Waals surface area (Å²) in [7, 11) is 0. The molecule has 0 aromatic heterocycles. The quantitative estimate of drug-likeness (QED) is 0.777. The third-order valence-electron chi connectivity index (χ3n) is 4.62. The Balaban J connectivity index is 1.86. The molecule has 4 N–H and O–H groups in total. The second kappa shape index (κ2) is 5.77. The van der Waals surface area contributed by atoms with Crippen molar-refractivity contribution in [3.8, 4) is 0 Å². The molecule has 0 bridgehead atoms. The number of primary amides is 1. The largest absolute Gasteiger partial charge is 0.373 e. The van der Waals surface area contributed by atoms with E-state index in [2.05, 4.69) is 18.7 Å². The van der Waals surface area contributed by atoms with Crippen LogP contribution in [-0.2, 0) is 9.53 Å². The molecule has 2 fully saturated rings. The molecule has 2 unspecified atom stereocenters. The Morgan fingerprint density at radius 1 is 1.37 bits per heavy atom. The zero-order valence-electron chi connectivity index (χ0n) is 12.1. The molecular weight excluding hydrogens is 242 g/mol. The molecule has 2 rings (SSSR count). The summed E-state index contributed by atoms with van der Waals surface area (Å²) in [4.78, 5) is 14.0. The SMILES string of the molecule is C[C@@H]1CN(CCC2CCCC2(N)C(N)=O)C[C@H](C)O1. The van der Waals surface area contributed by atoms with Crippen LogP contribution in [-0.4, -0.2) is 48.2 Å². The summed E-state index contributed by atoms with van der Waals surface area (Å²) in [5.41, 5.74) is 10.9. The van der Waals surface area contributed by atoms with Crippen LogP contribution in [0.2, 0.25) is 0 Å². The van der Waals surface area contributed by atoms with Crippen molar-refractivity contribution in [1.82, 2.24) is 4.90 Å². The molecule has 110 valence electrons. The van der Waals surface area contributed by atoms with Crippen LogP contribution in [0.25, 0.3) is 0 Å². The molecule has 0 spiro atoms. The molecule has 0 aromatic rings. The van der Waals surface area contributed by atoms with Crippen molar-refractivity contribution in [2.45, 2.75) is 57.3 Å². The normalized spacial score (nSPS) is 40.5. The smallest absolute Gasteiger partial charge is 0.237 e. The lowest BCUT2D eigenvalue weighted by atomic mass is 9.85. The Morgan fingerprint density at radius 3 is 2.58 bits per heavy atom. The number of rotatable bonds is 4. The van der Waals surface area contributed by atoms with Gasteiger partial charge in [0.15, 0.2) is 0 Å². The van der Waals surface area contributed by atoms with Crippen molar-refractivity contribution in [2.75, 3.05) is 19.6 Å². The van der Waals surface area contributed by atoms with Crippen LogP contribution in [0, 0.1) is 5.92 Å². The van der Waals surface area contributed by atoms with Crippen LogP contribution in [0.5, 0.6) is 0 Å². The first-order valence-electron chi connectivity index (χ1n) is 7.38. The average Bonchev–Trinajstić information content (AvgIpc) is 2.68. The Morgan fingerprint density at radius 2 is 2.00 bits per heavy atom. The first kappa shape index (κ1) is 14.8. The molecule has 2 aliphatic rings. The zero-order chi connectivity index (χ0) is 14.0. The summed E-state index contributed by atoms with van der Waals surface area (Å²) in [5.74, 6) is -0.0998. The summed E-state index contributed by atoms with van der Waals surface area (Å²) in [6.45, 7) is 7.12. The Hall–Kier alpha value is -0.650. The number of amides is 1. The summed E-state index contributed by atoms with van der Waals surface area (Å²) >= 11 is 0. The monoisotopic (exact) mass is 269 g/mol. The van der Waals surface area contributed by atoms with Gasteiger partial charge < -0.3 is 16.2 Å².